The van der Waals surface area contributed by atoms with Crippen LogP contribution in [0.4, 0.5) is 16.2 Å². The maximum Gasteiger partial charge on any atom is 0.336 e. The topological polar surface area (TPSA) is 88.2 Å². The monoisotopic (exact) mass is 344 g/mol. The van der Waals surface area contributed by atoms with Crippen molar-refractivity contribution in [3.63, 3.8) is 0 Å². The molecule has 26 heavy (non-hydrogen) atoms. The fourth-order valence-electron chi connectivity index (χ4n) is 3.04. The lowest BCUT2D eigenvalue weighted by atomic mass is 9.96. The van der Waals surface area contributed by atoms with Crippen LogP contribution in [0.25, 0.3) is 0 Å². The maximum absolute atomic E-state index is 13.1. The smallest absolute Gasteiger partial charge is 0.279 e. The molecular formula is C20H16N4O2. The van der Waals surface area contributed by atoms with Crippen LogP contribution in [0.5, 0.6) is 0 Å². The summed E-state index contributed by atoms with van der Waals surface area (Å²) in [6.07, 6.45) is 0.435. The Morgan fingerprint density at radius 3 is 1.77 bits per heavy atom. The first-order valence-electron chi connectivity index (χ1n) is 8.15. The van der Waals surface area contributed by atoms with Crippen LogP contribution in [-0.2, 0) is 4.79 Å². The van der Waals surface area contributed by atoms with Gasteiger partial charge in [0, 0.05) is 5.69 Å². The molecule has 6 nitrogen and oxygen atoms in total. The molecule has 0 radical (unpaired) electrons. The Kier molecular flexibility index (Phi) is 4.19. The highest BCUT2D eigenvalue weighted by atomic mass is 16.2. The average Bonchev–Trinajstić information content (AvgIpc) is 2.88. The molecule has 1 saturated heterocycles. The number of nitrogens with zero attached hydrogens (tertiary/aromatic N) is 4. The quantitative estimate of drug-likeness (QED) is 0.796. The molecule has 1 heterocycles. The van der Waals surface area contributed by atoms with E-state index in [9.17, 15) is 9.59 Å². The van der Waals surface area contributed by atoms with Crippen molar-refractivity contribution in [2.24, 2.45) is 0 Å². The molecule has 0 spiro atoms. The second kappa shape index (κ2) is 6.34. The Morgan fingerprint density at radius 2 is 1.35 bits per heavy atom. The standard InChI is InChI=1S/C20H16N4O2/c1-3-20(2)18(25)23(16-8-4-14(12-21)5-9-16)19(26)24(20)17-10-6-15(13-22)7-11-17/h4-11H,3H2,1-2H3. The van der Waals surface area contributed by atoms with Crippen LogP contribution in [0.15, 0.2) is 48.5 Å². The number of benzene rings is 2. The Morgan fingerprint density at radius 1 is 0.885 bits per heavy atom. The first-order valence-corrected chi connectivity index (χ1v) is 8.15. The SMILES string of the molecule is CCC1(C)C(=O)N(c2ccc(C#N)cc2)C(=O)N1c1ccc(C#N)cc1. The summed E-state index contributed by atoms with van der Waals surface area (Å²) in [5.74, 6) is -0.320. The lowest BCUT2D eigenvalue weighted by molar-refractivity contribution is -0.121. The van der Waals surface area contributed by atoms with Gasteiger partial charge < -0.3 is 0 Å². The van der Waals surface area contributed by atoms with E-state index in [1.807, 2.05) is 19.1 Å². The molecule has 1 aliphatic heterocycles. The van der Waals surface area contributed by atoms with E-state index in [0.29, 0.717) is 28.9 Å². The van der Waals surface area contributed by atoms with Crippen LogP contribution < -0.4 is 9.80 Å². The highest BCUT2D eigenvalue weighted by molar-refractivity contribution is 6.30. The Bertz CT molecular complexity index is 951. The van der Waals surface area contributed by atoms with Gasteiger partial charge in [0.15, 0.2) is 0 Å². The van der Waals surface area contributed by atoms with Gasteiger partial charge in [0.25, 0.3) is 5.91 Å². The summed E-state index contributed by atoms with van der Waals surface area (Å²) in [6, 6.07) is 16.5. The van der Waals surface area contributed by atoms with Gasteiger partial charge in [0.1, 0.15) is 5.54 Å². The summed E-state index contributed by atoms with van der Waals surface area (Å²) >= 11 is 0. The number of anilines is 2. The number of carbonyl (C=O) groups excluding carboxylic acids is 2. The van der Waals surface area contributed by atoms with Crippen LogP contribution in [-0.4, -0.2) is 17.5 Å². The first kappa shape index (κ1) is 17.2. The van der Waals surface area contributed by atoms with E-state index in [0.717, 1.165) is 4.90 Å². The second-order valence-corrected chi connectivity index (χ2v) is 6.20. The Hall–Kier alpha value is -3.64. The molecule has 3 amide bonds. The zero-order chi connectivity index (χ0) is 18.9. The van der Waals surface area contributed by atoms with Crippen molar-refractivity contribution in [3.8, 4) is 12.1 Å². The molecule has 1 atom stereocenters. The number of nitriles is 2. The number of carbonyl (C=O) groups is 2. The van der Waals surface area contributed by atoms with Gasteiger partial charge >= 0.3 is 6.03 Å². The fraction of sp³-hybridized carbons (Fsp3) is 0.200. The van der Waals surface area contributed by atoms with E-state index in [4.69, 9.17) is 10.5 Å². The molecule has 2 aromatic rings. The number of hydrogen-bond donors (Lipinski definition) is 0. The third-order valence-electron chi connectivity index (χ3n) is 4.74. The summed E-state index contributed by atoms with van der Waals surface area (Å²) < 4.78 is 0. The molecule has 0 saturated carbocycles. The third kappa shape index (κ3) is 2.49. The van der Waals surface area contributed by atoms with E-state index in [2.05, 4.69) is 0 Å². The molecule has 1 unspecified atom stereocenters. The number of rotatable bonds is 3. The summed E-state index contributed by atoms with van der Waals surface area (Å²) in [6.45, 7) is 3.58. The van der Waals surface area contributed by atoms with E-state index in [1.54, 1.807) is 55.5 Å². The lowest BCUT2D eigenvalue weighted by Gasteiger charge is -2.30. The van der Waals surface area contributed by atoms with E-state index in [1.165, 1.54) is 4.90 Å². The van der Waals surface area contributed by atoms with Crippen LogP contribution in [0.3, 0.4) is 0 Å². The molecule has 0 bridgehead atoms. The van der Waals surface area contributed by atoms with Crippen molar-refractivity contribution in [1.29, 1.82) is 10.5 Å². The van der Waals surface area contributed by atoms with Crippen molar-refractivity contribution in [3.05, 3.63) is 59.7 Å². The number of hydrogen-bond acceptors (Lipinski definition) is 4. The van der Waals surface area contributed by atoms with Gasteiger partial charge in [0.05, 0.1) is 29.0 Å². The Balaban J connectivity index is 2.07. The van der Waals surface area contributed by atoms with Crippen molar-refractivity contribution in [1.82, 2.24) is 0 Å². The zero-order valence-corrected chi connectivity index (χ0v) is 14.4. The summed E-state index contributed by atoms with van der Waals surface area (Å²) in [4.78, 5) is 28.8. The van der Waals surface area contributed by atoms with Crippen molar-refractivity contribution in [2.75, 3.05) is 9.80 Å². The van der Waals surface area contributed by atoms with E-state index >= 15 is 0 Å². The van der Waals surface area contributed by atoms with Crippen molar-refractivity contribution in [2.45, 2.75) is 25.8 Å². The predicted octanol–water partition coefficient (Wildman–Crippen LogP) is 3.57. The van der Waals surface area contributed by atoms with Gasteiger partial charge in [0.2, 0.25) is 0 Å². The molecule has 6 heteroatoms. The number of urea groups is 1. The largest absolute Gasteiger partial charge is 0.336 e. The zero-order valence-electron chi connectivity index (χ0n) is 14.4. The van der Waals surface area contributed by atoms with Crippen molar-refractivity contribution >= 4 is 23.3 Å². The van der Waals surface area contributed by atoms with E-state index in [-0.39, 0.29) is 5.91 Å². The minimum Gasteiger partial charge on any atom is -0.279 e. The van der Waals surface area contributed by atoms with Crippen molar-refractivity contribution < 1.29 is 9.59 Å². The van der Waals surface area contributed by atoms with Gasteiger partial charge in [-0.1, -0.05) is 6.92 Å². The summed E-state index contributed by atoms with van der Waals surface area (Å²) in [5.41, 5.74) is 0.890. The highest BCUT2D eigenvalue weighted by Crippen LogP contribution is 2.38. The van der Waals surface area contributed by atoms with E-state index < -0.39 is 11.6 Å². The second-order valence-electron chi connectivity index (χ2n) is 6.20. The molecule has 1 fully saturated rings. The average molecular weight is 344 g/mol. The van der Waals surface area contributed by atoms with Crippen LogP contribution in [0.1, 0.15) is 31.4 Å². The van der Waals surface area contributed by atoms with Crippen LogP contribution >= 0.6 is 0 Å². The van der Waals surface area contributed by atoms with Crippen LogP contribution in [0.2, 0.25) is 0 Å². The first-order chi connectivity index (χ1) is 12.5. The highest BCUT2D eigenvalue weighted by Gasteiger charge is 2.54. The van der Waals surface area contributed by atoms with Gasteiger partial charge in [-0.15, -0.1) is 0 Å². The summed E-state index contributed by atoms with van der Waals surface area (Å²) in [5, 5.41) is 17.9. The van der Waals surface area contributed by atoms with Gasteiger partial charge in [-0.2, -0.15) is 10.5 Å². The summed E-state index contributed by atoms with van der Waals surface area (Å²) in [7, 11) is 0. The molecule has 1 aliphatic rings. The molecule has 0 N–H and O–H groups in total. The maximum atomic E-state index is 13.1. The number of imide groups is 1. The third-order valence-corrected chi connectivity index (χ3v) is 4.74. The minimum atomic E-state index is -1.03. The number of amides is 3. The molecule has 2 aromatic carbocycles. The molecule has 0 aromatic heterocycles. The van der Waals surface area contributed by atoms with Gasteiger partial charge in [-0.05, 0) is 61.9 Å². The minimum absolute atomic E-state index is 0.320. The lowest BCUT2D eigenvalue weighted by Crippen LogP contribution is -2.46. The molecule has 0 aliphatic carbocycles. The fourth-order valence-corrected chi connectivity index (χ4v) is 3.04. The normalized spacial score (nSPS) is 19.4. The molecular weight excluding hydrogens is 328 g/mol. The molecule has 128 valence electrons. The Labute approximate surface area is 151 Å². The van der Waals surface area contributed by atoms with Crippen LogP contribution in [0, 0.1) is 22.7 Å². The molecule has 3 rings (SSSR count). The van der Waals surface area contributed by atoms with Gasteiger partial charge in [-0.3, -0.25) is 9.69 Å². The van der Waals surface area contributed by atoms with Gasteiger partial charge in [-0.25, -0.2) is 9.69 Å². The predicted molar refractivity (Wildman–Crippen MR) is 96.4 cm³/mol.